The molecule has 1 fully saturated rings. The van der Waals surface area contributed by atoms with Crippen LogP contribution < -0.4 is 10.3 Å². The molecule has 7 heteroatoms. The largest absolute Gasteiger partial charge is 0.377 e. The Morgan fingerprint density at radius 3 is 2.90 bits per heavy atom. The van der Waals surface area contributed by atoms with Crippen molar-refractivity contribution < 1.29 is 13.2 Å². The van der Waals surface area contributed by atoms with Crippen LogP contribution >= 0.6 is 0 Å². The summed E-state index contributed by atoms with van der Waals surface area (Å²) in [5.74, 6) is 0. The fourth-order valence-corrected chi connectivity index (χ4v) is 3.49. The molecule has 6 nitrogen and oxygen atoms in total. The van der Waals surface area contributed by atoms with E-state index in [4.69, 9.17) is 4.74 Å². The molecule has 0 aliphatic carbocycles. The lowest BCUT2D eigenvalue weighted by molar-refractivity contribution is 0.114. The number of aromatic nitrogens is 1. The number of H-pyrrole nitrogens is 1. The zero-order chi connectivity index (χ0) is 14.9. The van der Waals surface area contributed by atoms with Gasteiger partial charge in [-0.25, -0.2) is 13.1 Å². The van der Waals surface area contributed by atoms with Crippen molar-refractivity contribution in [3.63, 3.8) is 0 Å². The minimum absolute atomic E-state index is 0.0448. The van der Waals surface area contributed by atoms with Crippen LogP contribution in [-0.4, -0.2) is 32.7 Å². The van der Waals surface area contributed by atoms with E-state index in [1.54, 1.807) is 18.2 Å². The maximum atomic E-state index is 12.3. The molecule has 0 saturated carbocycles. The van der Waals surface area contributed by atoms with Gasteiger partial charge in [0.2, 0.25) is 15.6 Å². The highest BCUT2D eigenvalue weighted by Crippen LogP contribution is 2.17. The Morgan fingerprint density at radius 1 is 1.29 bits per heavy atom. The van der Waals surface area contributed by atoms with Gasteiger partial charge in [-0.15, -0.1) is 0 Å². The van der Waals surface area contributed by atoms with E-state index in [9.17, 15) is 13.2 Å². The number of aromatic amines is 1. The summed E-state index contributed by atoms with van der Waals surface area (Å²) < 4.78 is 32.5. The summed E-state index contributed by atoms with van der Waals surface area (Å²) in [6, 6.07) is 7.60. The Kier molecular flexibility index (Phi) is 3.79. The zero-order valence-corrected chi connectivity index (χ0v) is 12.2. The van der Waals surface area contributed by atoms with Crippen LogP contribution in [-0.2, 0) is 14.8 Å². The van der Waals surface area contributed by atoms with Gasteiger partial charge in [0.25, 0.3) is 0 Å². The fraction of sp³-hybridized carbons (Fsp3) is 0.357. The van der Waals surface area contributed by atoms with Crippen LogP contribution in [0.15, 0.2) is 40.0 Å². The SMILES string of the molecule is O=c1ccc2cc(S(=O)(=O)NCC3CCCO3)ccc2[nH]1. The number of sulfonamides is 1. The number of fused-ring (bicyclic) bond motifs is 1. The topological polar surface area (TPSA) is 88.3 Å². The molecule has 0 radical (unpaired) electrons. The third-order valence-electron chi connectivity index (χ3n) is 3.53. The van der Waals surface area contributed by atoms with Gasteiger partial charge in [-0.05, 0) is 42.5 Å². The number of pyridine rings is 1. The lowest BCUT2D eigenvalue weighted by Crippen LogP contribution is -2.31. The molecule has 21 heavy (non-hydrogen) atoms. The van der Waals surface area contributed by atoms with Crippen molar-refractivity contribution in [1.82, 2.24) is 9.71 Å². The van der Waals surface area contributed by atoms with Gasteiger partial charge in [-0.3, -0.25) is 4.79 Å². The van der Waals surface area contributed by atoms with Crippen molar-refractivity contribution in [3.05, 3.63) is 40.7 Å². The first kappa shape index (κ1) is 14.2. The molecule has 1 aliphatic rings. The van der Waals surface area contributed by atoms with E-state index in [0.717, 1.165) is 12.8 Å². The zero-order valence-electron chi connectivity index (χ0n) is 11.3. The van der Waals surface area contributed by atoms with E-state index in [2.05, 4.69) is 9.71 Å². The van der Waals surface area contributed by atoms with Crippen molar-refractivity contribution in [2.45, 2.75) is 23.8 Å². The van der Waals surface area contributed by atoms with Crippen LogP contribution in [0.1, 0.15) is 12.8 Å². The summed E-state index contributed by atoms with van der Waals surface area (Å²) in [7, 11) is -3.57. The molecule has 2 heterocycles. The van der Waals surface area contributed by atoms with Crippen LogP contribution in [0.2, 0.25) is 0 Å². The Labute approximate surface area is 122 Å². The first-order valence-electron chi connectivity index (χ1n) is 6.79. The van der Waals surface area contributed by atoms with Gasteiger partial charge in [-0.2, -0.15) is 0 Å². The van der Waals surface area contributed by atoms with Gasteiger partial charge >= 0.3 is 0 Å². The summed E-state index contributed by atoms with van der Waals surface area (Å²) in [6.45, 7) is 0.974. The van der Waals surface area contributed by atoms with Crippen molar-refractivity contribution >= 4 is 20.9 Å². The van der Waals surface area contributed by atoms with Crippen molar-refractivity contribution in [3.8, 4) is 0 Å². The second-order valence-corrected chi connectivity index (χ2v) is 6.83. The lowest BCUT2D eigenvalue weighted by Gasteiger charge is -2.11. The molecule has 2 aromatic rings. The molecule has 0 amide bonds. The van der Waals surface area contributed by atoms with Crippen molar-refractivity contribution in [1.29, 1.82) is 0 Å². The fourth-order valence-electron chi connectivity index (χ4n) is 2.39. The highest BCUT2D eigenvalue weighted by molar-refractivity contribution is 7.89. The molecule has 1 atom stereocenters. The summed E-state index contributed by atoms with van der Waals surface area (Å²) in [6.07, 6.45) is 1.80. The van der Waals surface area contributed by atoms with Gasteiger partial charge in [0.1, 0.15) is 0 Å². The molecule has 0 bridgehead atoms. The van der Waals surface area contributed by atoms with Gasteiger partial charge in [-0.1, -0.05) is 0 Å². The quantitative estimate of drug-likeness (QED) is 0.881. The normalized spacial score (nSPS) is 19.1. The highest BCUT2D eigenvalue weighted by Gasteiger charge is 2.20. The van der Waals surface area contributed by atoms with Crippen molar-refractivity contribution in [2.24, 2.45) is 0 Å². The number of rotatable bonds is 4. The highest BCUT2D eigenvalue weighted by atomic mass is 32.2. The summed E-state index contributed by atoms with van der Waals surface area (Å²) in [5, 5.41) is 0.676. The van der Waals surface area contributed by atoms with Crippen LogP contribution in [0, 0.1) is 0 Å². The Bertz CT molecular complexity index is 807. The van der Waals surface area contributed by atoms with Gasteiger partial charge < -0.3 is 9.72 Å². The summed E-state index contributed by atoms with van der Waals surface area (Å²) >= 11 is 0. The minimum atomic E-state index is -3.57. The number of hydrogen-bond donors (Lipinski definition) is 2. The van der Waals surface area contributed by atoms with Crippen LogP contribution in [0.25, 0.3) is 10.9 Å². The van der Waals surface area contributed by atoms with E-state index < -0.39 is 10.0 Å². The third-order valence-corrected chi connectivity index (χ3v) is 4.95. The van der Waals surface area contributed by atoms with E-state index in [1.807, 2.05) is 0 Å². The van der Waals surface area contributed by atoms with Gasteiger partial charge in [0, 0.05) is 24.7 Å². The Morgan fingerprint density at radius 2 is 2.14 bits per heavy atom. The molecule has 1 aromatic carbocycles. The van der Waals surface area contributed by atoms with Crippen LogP contribution in [0.4, 0.5) is 0 Å². The molecular formula is C14H16N2O4S. The smallest absolute Gasteiger partial charge is 0.248 e. The minimum Gasteiger partial charge on any atom is -0.377 e. The second kappa shape index (κ2) is 5.59. The number of benzene rings is 1. The average Bonchev–Trinajstić information content (AvgIpc) is 2.98. The molecule has 1 saturated heterocycles. The Balaban J connectivity index is 1.84. The molecule has 1 aromatic heterocycles. The predicted molar refractivity (Wildman–Crippen MR) is 78.7 cm³/mol. The molecule has 2 N–H and O–H groups in total. The number of hydrogen-bond acceptors (Lipinski definition) is 4. The first-order chi connectivity index (χ1) is 10.0. The van der Waals surface area contributed by atoms with Gasteiger partial charge in [0.05, 0.1) is 11.0 Å². The standard InChI is InChI=1S/C14H16N2O4S/c17-14-6-3-10-8-12(4-5-13(10)16-14)21(18,19)15-9-11-2-1-7-20-11/h3-6,8,11,15H,1-2,7,9H2,(H,16,17). The maximum absolute atomic E-state index is 12.3. The maximum Gasteiger partial charge on any atom is 0.248 e. The summed E-state index contributed by atoms with van der Waals surface area (Å²) in [5.41, 5.74) is 0.398. The molecule has 1 unspecified atom stereocenters. The lowest BCUT2D eigenvalue weighted by atomic mass is 10.2. The first-order valence-corrected chi connectivity index (χ1v) is 8.27. The van der Waals surface area contributed by atoms with Gasteiger partial charge in [0.15, 0.2) is 0 Å². The van der Waals surface area contributed by atoms with Crippen LogP contribution in [0.3, 0.4) is 0 Å². The third kappa shape index (κ3) is 3.15. The number of nitrogens with one attached hydrogen (secondary N) is 2. The van der Waals surface area contributed by atoms with Crippen LogP contribution in [0.5, 0.6) is 0 Å². The second-order valence-electron chi connectivity index (χ2n) is 5.06. The molecule has 3 rings (SSSR count). The molecular weight excluding hydrogens is 292 g/mol. The van der Waals surface area contributed by atoms with E-state index >= 15 is 0 Å². The molecule has 112 valence electrons. The molecule has 0 spiro atoms. The monoisotopic (exact) mass is 308 g/mol. The Hall–Kier alpha value is -1.70. The number of ether oxygens (including phenoxy) is 1. The molecule has 1 aliphatic heterocycles. The van der Waals surface area contributed by atoms with E-state index in [-0.39, 0.29) is 23.1 Å². The summed E-state index contributed by atoms with van der Waals surface area (Å²) in [4.78, 5) is 14.0. The van der Waals surface area contributed by atoms with Crippen molar-refractivity contribution in [2.75, 3.05) is 13.2 Å². The van der Waals surface area contributed by atoms with E-state index in [0.29, 0.717) is 17.5 Å². The predicted octanol–water partition coefficient (Wildman–Crippen LogP) is 0.985. The average molecular weight is 308 g/mol. The van der Waals surface area contributed by atoms with E-state index in [1.165, 1.54) is 12.1 Å².